The molecule has 0 saturated heterocycles. The van der Waals surface area contributed by atoms with Crippen molar-refractivity contribution in [3.05, 3.63) is 53.7 Å². The van der Waals surface area contributed by atoms with Gasteiger partial charge < -0.3 is 5.73 Å². The van der Waals surface area contributed by atoms with E-state index in [1.165, 1.54) is 0 Å². The molecule has 0 fully saturated rings. The zero-order valence-corrected chi connectivity index (χ0v) is 10.0. The first-order valence-corrected chi connectivity index (χ1v) is 5.73. The molecule has 2 aromatic heterocycles. The molecule has 0 unspecified atom stereocenters. The van der Waals surface area contributed by atoms with Gasteiger partial charge in [-0.1, -0.05) is 12.1 Å². The van der Waals surface area contributed by atoms with Crippen molar-refractivity contribution in [3.8, 4) is 0 Å². The molecule has 2 N–H and O–H groups in total. The van der Waals surface area contributed by atoms with Crippen LogP contribution in [0.2, 0.25) is 0 Å². The Kier molecular flexibility index (Phi) is 2.44. The van der Waals surface area contributed by atoms with Crippen LogP contribution >= 0.6 is 0 Å². The molecule has 0 aliphatic rings. The minimum absolute atomic E-state index is 0.691. The normalized spacial score (nSPS) is 10.9. The van der Waals surface area contributed by atoms with Crippen LogP contribution in [0.4, 0.5) is 5.69 Å². The molecule has 0 spiro atoms. The Labute approximate surface area is 104 Å². The van der Waals surface area contributed by atoms with Gasteiger partial charge in [0.2, 0.25) is 0 Å². The van der Waals surface area contributed by atoms with E-state index in [0.29, 0.717) is 6.42 Å². The zero-order valence-electron chi connectivity index (χ0n) is 10.0. The molecule has 0 bridgehead atoms. The van der Waals surface area contributed by atoms with Gasteiger partial charge in [0, 0.05) is 23.9 Å². The minimum atomic E-state index is 0.691. The maximum Gasteiger partial charge on any atom is 0.163 e. The van der Waals surface area contributed by atoms with Crippen LogP contribution in [0.25, 0.3) is 5.65 Å². The number of hydrogen-bond acceptors (Lipinski definition) is 4. The first kappa shape index (κ1) is 10.7. The highest BCUT2D eigenvalue weighted by Crippen LogP contribution is 2.12. The van der Waals surface area contributed by atoms with Gasteiger partial charge in [0.1, 0.15) is 12.2 Å². The van der Waals surface area contributed by atoms with E-state index < -0.39 is 0 Å². The quantitative estimate of drug-likeness (QED) is 0.690. The van der Waals surface area contributed by atoms with E-state index >= 15 is 0 Å². The van der Waals surface area contributed by atoms with Gasteiger partial charge in [-0.15, -0.1) is 10.2 Å². The summed E-state index contributed by atoms with van der Waals surface area (Å²) in [6.45, 7) is 1.94. The summed E-state index contributed by atoms with van der Waals surface area (Å²) in [4.78, 5) is 4.26. The van der Waals surface area contributed by atoms with E-state index in [-0.39, 0.29) is 0 Å². The monoisotopic (exact) mass is 239 g/mol. The molecule has 90 valence electrons. The van der Waals surface area contributed by atoms with Crippen LogP contribution in [-0.4, -0.2) is 19.6 Å². The molecule has 0 aliphatic heterocycles. The van der Waals surface area contributed by atoms with Crippen LogP contribution < -0.4 is 5.73 Å². The lowest BCUT2D eigenvalue weighted by Gasteiger charge is -2.01. The number of nitrogens with zero attached hydrogens (tertiary/aromatic N) is 4. The highest BCUT2D eigenvalue weighted by molar-refractivity contribution is 5.43. The van der Waals surface area contributed by atoms with Gasteiger partial charge >= 0.3 is 0 Å². The summed E-state index contributed by atoms with van der Waals surface area (Å²) < 4.78 is 1.90. The summed E-state index contributed by atoms with van der Waals surface area (Å²) in [6.07, 6.45) is 2.45. The Morgan fingerprint density at radius 3 is 2.94 bits per heavy atom. The standard InChI is InChI=1S/C13H13N5/c1-9-5-12-16-17-13(18(12)8-15-9)7-10-3-2-4-11(14)6-10/h2-6,8H,7,14H2,1H3. The summed E-state index contributed by atoms with van der Waals surface area (Å²) in [5.74, 6) is 0.864. The van der Waals surface area contributed by atoms with Crippen LogP contribution in [0.5, 0.6) is 0 Å². The zero-order chi connectivity index (χ0) is 12.5. The summed E-state index contributed by atoms with van der Waals surface area (Å²) >= 11 is 0. The van der Waals surface area contributed by atoms with Crippen molar-refractivity contribution in [3.63, 3.8) is 0 Å². The SMILES string of the molecule is Cc1cc2nnc(Cc3cccc(N)c3)n2cn1. The minimum Gasteiger partial charge on any atom is -0.399 e. The number of aromatic nitrogens is 4. The maximum atomic E-state index is 5.76. The molecule has 1 aromatic carbocycles. The Balaban J connectivity index is 2.00. The van der Waals surface area contributed by atoms with E-state index in [1.54, 1.807) is 6.33 Å². The van der Waals surface area contributed by atoms with Gasteiger partial charge in [-0.05, 0) is 24.6 Å². The lowest BCUT2D eigenvalue weighted by atomic mass is 10.1. The third kappa shape index (κ3) is 1.90. The first-order chi connectivity index (χ1) is 8.72. The molecule has 0 aliphatic carbocycles. The number of nitrogens with two attached hydrogens (primary N) is 1. The average Bonchev–Trinajstić information content (AvgIpc) is 2.72. The van der Waals surface area contributed by atoms with Crippen molar-refractivity contribution in [2.24, 2.45) is 0 Å². The molecule has 2 heterocycles. The Bertz CT molecular complexity index is 701. The number of anilines is 1. The smallest absolute Gasteiger partial charge is 0.163 e. The average molecular weight is 239 g/mol. The van der Waals surface area contributed by atoms with Crippen molar-refractivity contribution in [2.45, 2.75) is 13.3 Å². The molecule has 5 nitrogen and oxygen atoms in total. The molecule has 18 heavy (non-hydrogen) atoms. The Morgan fingerprint density at radius 1 is 1.22 bits per heavy atom. The van der Waals surface area contributed by atoms with E-state index in [1.807, 2.05) is 41.7 Å². The molecule has 0 atom stereocenters. The van der Waals surface area contributed by atoms with E-state index in [0.717, 1.165) is 28.4 Å². The second kappa shape index (κ2) is 4.10. The van der Waals surface area contributed by atoms with Crippen LogP contribution in [0.15, 0.2) is 36.7 Å². The molecule has 0 amide bonds. The third-order valence-electron chi connectivity index (χ3n) is 2.82. The Morgan fingerprint density at radius 2 is 2.11 bits per heavy atom. The Hall–Kier alpha value is -2.43. The summed E-state index contributed by atoms with van der Waals surface area (Å²) in [7, 11) is 0. The molecule has 3 aromatic rings. The van der Waals surface area contributed by atoms with Gasteiger partial charge in [-0.25, -0.2) is 4.98 Å². The molecule has 0 radical (unpaired) electrons. The first-order valence-electron chi connectivity index (χ1n) is 5.73. The van der Waals surface area contributed by atoms with Crippen molar-refractivity contribution < 1.29 is 0 Å². The summed E-state index contributed by atoms with van der Waals surface area (Å²) in [5.41, 5.74) is 9.40. The topological polar surface area (TPSA) is 69.1 Å². The largest absolute Gasteiger partial charge is 0.399 e. The van der Waals surface area contributed by atoms with Gasteiger partial charge in [0.05, 0.1) is 0 Å². The van der Waals surface area contributed by atoms with Crippen molar-refractivity contribution in [1.82, 2.24) is 19.6 Å². The maximum absolute atomic E-state index is 5.76. The number of fused-ring (bicyclic) bond motifs is 1. The van der Waals surface area contributed by atoms with Crippen LogP contribution in [0, 0.1) is 6.92 Å². The highest BCUT2D eigenvalue weighted by Gasteiger charge is 2.06. The van der Waals surface area contributed by atoms with Crippen molar-refractivity contribution in [2.75, 3.05) is 5.73 Å². The number of benzene rings is 1. The van der Waals surface area contributed by atoms with Crippen molar-refractivity contribution in [1.29, 1.82) is 0 Å². The predicted molar refractivity (Wildman–Crippen MR) is 69.2 cm³/mol. The second-order valence-electron chi connectivity index (χ2n) is 4.30. The van der Waals surface area contributed by atoms with Crippen LogP contribution in [-0.2, 0) is 6.42 Å². The fraction of sp³-hybridized carbons (Fsp3) is 0.154. The lowest BCUT2D eigenvalue weighted by Crippen LogP contribution is -1.98. The fourth-order valence-corrected chi connectivity index (χ4v) is 1.94. The van der Waals surface area contributed by atoms with Gasteiger partial charge in [0.25, 0.3) is 0 Å². The number of hydrogen-bond donors (Lipinski definition) is 1. The van der Waals surface area contributed by atoms with E-state index in [2.05, 4.69) is 15.2 Å². The second-order valence-corrected chi connectivity index (χ2v) is 4.30. The highest BCUT2D eigenvalue weighted by atomic mass is 15.3. The molecular weight excluding hydrogens is 226 g/mol. The fourth-order valence-electron chi connectivity index (χ4n) is 1.94. The molecule has 5 heteroatoms. The van der Waals surface area contributed by atoms with Gasteiger partial charge in [-0.3, -0.25) is 4.40 Å². The van der Waals surface area contributed by atoms with Crippen LogP contribution in [0.1, 0.15) is 17.1 Å². The van der Waals surface area contributed by atoms with Crippen molar-refractivity contribution >= 4 is 11.3 Å². The van der Waals surface area contributed by atoms with E-state index in [4.69, 9.17) is 5.73 Å². The molecule has 0 saturated carbocycles. The van der Waals surface area contributed by atoms with E-state index in [9.17, 15) is 0 Å². The third-order valence-corrected chi connectivity index (χ3v) is 2.82. The lowest BCUT2D eigenvalue weighted by molar-refractivity contribution is 0.915. The summed E-state index contributed by atoms with van der Waals surface area (Å²) in [6, 6.07) is 9.70. The number of nitrogen functional groups attached to an aromatic ring is 1. The summed E-state index contributed by atoms with van der Waals surface area (Å²) in [5, 5.41) is 8.33. The molecular formula is C13H13N5. The number of aryl methyl sites for hydroxylation is 1. The van der Waals surface area contributed by atoms with Gasteiger partial charge in [0.15, 0.2) is 5.65 Å². The number of rotatable bonds is 2. The van der Waals surface area contributed by atoms with Crippen LogP contribution in [0.3, 0.4) is 0 Å². The predicted octanol–water partition coefficient (Wildman–Crippen LogP) is 1.61. The van der Waals surface area contributed by atoms with Gasteiger partial charge in [-0.2, -0.15) is 0 Å². The molecule has 3 rings (SSSR count).